The number of ketones is 1. The second-order valence-electron chi connectivity index (χ2n) is 8.34. The first-order valence-electron chi connectivity index (χ1n) is 9.89. The normalized spacial score (nSPS) is 24.1. The Morgan fingerprint density at radius 1 is 1.11 bits per heavy atom. The van der Waals surface area contributed by atoms with Gasteiger partial charge in [0.05, 0.1) is 11.4 Å². The molecule has 0 bridgehead atoms. The maximum absolute atomic E-state index is 12.7. The van der Waals surface area contributed by atoms with E-state index < -0.39 is 11.6 Å². The van der Waals surface area contributed by atoms with Gasteiger partial charge in [0.1, 0.15) is 11.5 Å². The van der Waals surface area contributed by atoms with Crippen molar-refractivity contribution in [1.29, 1.82) is 0 Å². The summed E-state index contributed by atoms with van der Waals surface area (Å²) in [5.41, 5.74) is 3.13. The molecule has 4 heteroatoms. The minimum atomic E-state index is -1.27. The Labute approximate surface area is 166 Å². The third kappa shape index (κ3) is 2.79. The number of hydrogen-bond donors (Lipinski definition) is 1. The van der Waals surface area contributed by atoms with Crippen LogP contribution in [0.4, 0.5) is 0 Å². The van der Waals surface area contributed by atoms with Crippen LogP contribution < -0.4 is 0 Å². The van der Waals surface area contributed by atoms with Crippen molar-refractivity contribution in [2.24, 2.45) is 5.92 Å². The van der Waals surface area contributed by atoms with Gasteiger partial charge in [0, 0.05) is 23.5 Å². The standard InChI is InChI=1S/C24H28N2O2/c1-16(27)22-21(17-10-6-5-7-11-17)23-19(14-15-25(3)4)18-12-8-9-13-20(18)26(23)24(22,2)28/h5-13,21-22,28H,14-15H2,1-4H3. The van der Waals surface area contributed by atoms with Crippen LogP contribution in [0.15, 0.2) is 54.6 Å². The molecule has 0 aliphatic carbocycles. The third-order valence-electron chi connectivity index (χ3n) is 6.10. The van der Waals surface area contributed by atoms with Gasteiger partial charge in [-0.3, -0.25) is 4.79 Å². The lowest BCUT2D eigenvalue weighted by atomic mass is 9.78. The Morgan fingerprint density at radius 3 is 2.39 bits per heavy atom. The molecule has 1 aromatic heterocycles. The van der Waals surface area contributed by atoms with Crippen molar-refractivity contribution >= 4 is 16.7 Å². The number of aliphatic hydroxyl groups is 1. The molecular formula is C24H28N2O2. The predicted molar refractivity (Wildman–Crippen MR) is 113 cm³/mol. The summed E-state index contributed by atoms with van der Waals surface area (Å²) in [6, 6.07) is 18.4. The van der Waals surface area contributed by atoms with Gasteiger partial charge in [0.2, 0.25) is 0 Å². The number of para-hydroxylation sites is 1. The van der Waals surface area contributed by atoms with Gasteiger partial charge in [-0.15, -0.1) is 0 Å². The molecule has 28 heavy (non-hydrogen) atoms. The first-order chi connectivity index (χ1) is 13.3. The zero-order chi connectivity index (χ0) is 20.1. The number of likely N-dealkylation sites (N-methyl/N-ethyl adjacent to an activating group) is 1. The molecule has 3 atom stereocenters. The van der Waals surface area contributed by atoms with E-state index in [1.165, 1.54) is 10.9 Å². The summed E-state index contributed by atoms with van der Waals surface area (Å²) in [5, 5.41) is 12.8. The minimum absolute atomic E-state index is 0.0187. The molecule has 0 fully saturated rings. The fourth-order valence-corrected chi connectivity index (χ4v) is 4.98. The highest BCUT2D eigenvalue weighted by molar-refractivity contribution is 5.90. The van der Waals surface area contributed by atoms with E-state index in [1.807, 2.05) is 34.9 Å². The average molecular weight is 377 g/mol. The minimum Gasteiger partial charge on any atom is -0.370 e. The van der Waals surface area contributed by atoms with Crippen LogP contribution in [0.5, 0.6) is 0 Å². The first-order valence-corrected chi connectivity index (χ1v) is 9.89. The van der Waals surface area contributed by atoms with Crippen LogP contribution in [-0.2, 0) is 16.9 Å². The fourth-order valence-electron chi connectivity index (χ4n) is 4.98. The van der Waals surface area contributed by atoms with Gasteiger partial charge in [-0.05, 0) is 51.6 Å². The molecule has 0 amide bonds. The number of benzene rings is 2. The van der Waals surface area contributed by atoms with E-state index in [2.05, 4.69) is 43.3 Å². The molecule has 2 heterocycles. The molecular weight excluding hydrogens is 348 g/mol. The summed E-state index contributed by atoms with van der Waals surface area (Å²) < 4.78 is 2.02. The van der Waals surface area contributed by atoms with Gasteiger partial charge < -0.3 is 14.6 Å². The van der Waals surface area contributed by atoms with Crippen molar-refractivity contribution in [1.82, 2.24) is 9.47 Å². The molecule has 0 spiro atoms. The third-order valence-corrected chi connectivity index (χ3v) is 6.10. The summed E-state index contributed by atoms with van der Waals surface area (Å²) in [6.45, 7) is 4.30. The van der Waals surface area contributed by atoms with Crippen LogP contribution in [0.3, 0.4) is 0 Å². The van der Waals surface area contributed by atoms with Gasteiger partial charge in [0.25, 0.3) is 0 Å². The monoisotopic (exact) mass is 376 g/mol. The maximum atomic E-state index is 12.7. The Bertz CT molecular complexity index is 1020. The molecule has 1 aliphatic heterocycles. The highest BCUT2D eigenvalue weighted by Crippen LogP contribution is 2.52. The van der Waals surface area contributed by atoms with Crippen LogP contribution in [0.2, 0.25) is 0 Å². The lowest BCUT2D eigenvalue weighted by molar-refractivity contribution is -0.134. The van der Waals surface area contributed by atoms with Gasteiger partial charge in [-0.1, -0.05) is 48.5 Å². The van der Waals surface area contributed by atoms with E-state index in [1.54, 1.807) is 13.8 Å². The molecule has 2 aromatic carbocycles. The van der Waals surface area contributed by atoms with Gasteiger partial charge in [-0.25, -0.2) is 0 Å². The van der Waals surface area contributed by atoms with Crippen LogP contribution in [0.1, 0.15) is 36.6 Å². The molecule has 4 nitrogen and oxygen atoms in total. The molecule has 146 valence electrons. The Morgan fingerprint density at radius 2 is 1.75 bits per heavy atom. The molecule has 0 saturated heterocycles. The van der Waals surface area contributed by atoms with E-state index in [4.69, 9.17) is 0 Å². The number of hydrogen-bond acceptors (Lipinski definition) is 3. The van der Waals surface area contributed by atoms with Crippen LogP contribution in [0.25, 0.3) is 10.9 Å². The van der Waals surface area contributed by atoms with Crippen molar-refractivity contribution in [3.05, 3.63) is 71.4 Å². The Hall–Kier alpha value is -2.43. The number of carbonyl (C=O) groups is 1. The highest BCUT2D eigenvalue weighted by Gasteiger charge is 2.53. The fraction of sp³-hybridized carbons (Fsp3) is 0.375. The SMILES string of the molecule is CC(=O)C1C(c2ccccc2)c2c(CCN(C)C)c3ccccc3n2C1(C)O. The van der Waals surface area contributed by atoms with Crippen molar-refractivity contribution in [2.75, 3.05) is 20.6 Å². The molecule has 1 aliphatic rings. The largest absolute Gasteiger partial charge is 0.370 e. The summed E-state index contributed by atoms with van der Waals surface area (Å²) >= 11 is 0. The number of Topliss-reactive ketones (excluding diaryl/α,β-unsaturated/α-hetero) is 1. The zero-order valence-corrected chi connectivity index (χ0v) is 17.0. The lowest BCUT2D eigenvalue weighted by Crippen LogP contribution is -2.38. The van der Waals surface area contributed by atoms with E-state index in [0.29, 0.717) is 0 Å². The number of fused-ring (bicyclic) bond motifs is 3. The summed E-state index contributed by atoms with van der Waals surface area (Å²) in [5.74, 6) is -0.643. The van der Waals surface area contributed by atoms with E-state index in [9.17, 15) is 9.90 Å². The number of rotatable bonds is 5. The molecule has 3 unspecified atom stereocenters. The topological polar surface area (TPSA) is 45.5 Å². The van der Waals surface area contributed by atoms with Crippen molar-refractivity contribution in [3.8, 4) is 0 Å². The summed E-state index contributed by atoms with van der Waals surface area (Å²) in [6.07, 6.45) is 0.875. The maximum Gasteiger partial charge on any atom is 0.149 e. The van der Waals surface area contributed by atoms with E-state index in [-0.39, 0.29) is 11.7 Å². The number of nitrogens with zero attached hydrogens (tertiary/aromatic N) is 2. The Kier molecular flexibility index (Phi) is 4.64. The van der Waals surface area contributed by atoms with Crippen LogP contribution in [0, 0.1) is 5.92 Å². The average Bonchev–Trinajstić information content (AvgIpc) is 3.11. The van der Waals surface area contributed by atoms with Crippen LogP contribution >= 0.6 is 0 Å². The van der Waals surface area contributed by atoms with Crippen molar-refractivity contribution in [2.45, 2.75) is 31.9 Å². The quantitative estimate of drug-likeness (QED) is 0.737. The zero-order valence-electron chi connectivity index (χ0n) is 17.0. The molecule has 0 saturated carbocycles. The van der Waals surface area contributed by atoms with Crippen LogP contribution in [-0.4, -0.2) is 41.0 Å². The highest BCUT2D eigenvalue weighted by atomic mass is 16.3. The first kappa shape index (κ1) is 18.9. The van der Waals surface area contributed by atoms with Crippen molar-refractivity contribution < 1.29 is 9.90 Å². The molecule has 1 N–H and O–H groups in total. The smallest absolute Gasteiger partial charge is 0.149 e. The molecule has 0 radical (unpaired) electrons. The molecule has 4 rings (SSSR count). The van der Waals surface area contributed by atoms with E-state index in [0.717, 1.165) is 29.7 Å². The van der Waals surface area contributed by atoms with Gasteiger partial charge in [0.15, 0.2) is 0 Å². The van der Waals surface area contributed by atoms with Gasteiger partial charge in [-0.2, -0.15) is 0 Å². The summed E-state index contributed by atoms with van der Waals surface area (Å²) in [4.78, 5) is 14.9. The number of aromatic nitrogens is 1. The lowest BCUT2D eigenvalue weighted by Gasteiger charge is -2.29. The second kappa shape index (κ2) is 6.87. The summed E-state index contributed by atoms with van der Waals surface area (Å²) in [7, 11) is 4.14. The van der Waals surface area contributed by atoms with Crippen molar-refractivity contribution in [3.63, 3.8) is 0 Å². The predicted octanol–water partition coefficient (Wildman–Crippen LogP) is 3.76. The van der Waals surface area contributed by atoms with E-state index >= 15 is 0 Å². The van der Waals surface area contributed by atoms with Gasteiger partial charge >= 0.3 is 0 Å². The number of carbonyl (C=O) groups excluding carboxylic acids is 1. The Balaban J connectivity index is 2.04. The second-order valence-corrected chi connectivity index (χ2v) is 8.34. The molecule has 3 aromatic rings.